The maximum absolute atomic E-state index is 13.9. The van der Waals surface area contributed by atoms with E-state index in [1.807, 2.05) is 13.8 Å². The van der Waals surface area contributed by atoms with Gasteiger partial charge in [-0.1, -0.05) is 6.07 Å². The molecule has 0 heterocycles. The normalized spacial score (nSPS) is 16.1. The Labute approximate surface area is 119 Å². The van der Waals surface area contributed by atoms with Crippen LogP contribution < -0.4 is 5.73 Å². The first-order valence-corrected chi connectivity index (χ1v) is 8.30. The van der Waals surface area contributed by atoms with Crippen molar-refractivity contribution in [3.8, 4) is 0 Å². The fraction of sp³-hybridized carbons (Fsp3) is 0.571. The lowest BCUT2D eigenvalue weighted by Gasteiger charge is -2.26. The number of halogens is 1. The van der Waals surface area contributed by atoms with Crippen molar-refractivity contribution in [3.05, 3.63) is 29.6 Å². The fourth-order valence-electron chi connectivity index (χ4n) is 2.14. The second-order valence-corrected chi connectivity index (χ2v) is 7.44. The standard InChI is InChI=1S/C14H21FN2O2S/c1-10(2)17(9-11-3-4-11)20(18,19)14-7-12(8-16)5-6-13(14)15/h5-7,10-11H,3-4,8-9,16H2,1-2H3. The molecule has 0 aromatic heterocycles. The van der Waals surface area contributed by atoms with Crippen molar-refractivity contribution in [2.75, 3.05) is 6.54 Å². The van der Waals surface area contributed by atoms with Gasteiger partial charge in [0.25, 0.3) is 0 Å². The Morgan fingerprint density at radius 3 is 2.55 bits per heavy atom. The third-order valence-corrected chi connectivity index (χ3v) is 5.59. The van der Waals surface area contributed by atoms with Crippen LogP contribution in [0.1, 0.15) is 32.3 Å². The van der Waals surface area contributed by atoms with Crippen molar-refractivity contribution in [1.29, 1.82) is 0 Å². The number of hydrogen-bond donors (Lipinski definition) is 1. The van der Waals surface area contributed by atoms with Crippen LogP contribution in [0.5, 0.6) is 0 Å². The van der Waals surface area contributed by atoms with E-state index < -0.39 is 15.8 Å². The fourth-order valence-corrected chi connectivity index (χ4v) is 3.97. The zero-order chi connectivity index (χ0) is 14.9. The quantitative estimate of drug-likeness (QED) is 0.875. The lowest BCUT2D eigenvalue weighted by molar-refractivity contribution is 0.340. The predicted molar refractivity (Wildman–Crippen MR) is 76.0 cm³/mol. The van der Waals surface area contributed by atoms with Gasteiger partial charge in [0.1, 0.15) is 10.7 Å². The van der Waals surface area contributed by atoms with Crippen LogP contribution in [0.4, 0.5) is 4.39 Å². The summed E-state index contributed by atoms with van der Waals surface area (Å²) in [6.07, 6.45) is 2.09. The van der Waals surface area contributed by atoms with Crippen molar-refractivity contribution in [3.63, 3.8) is 0 Å². The lowest BCUT2D eigenvalue weighted by Crippen LogP contribution is -2.38. The zero-order valence-corrected chi connectivity index (χ0v) is 12.7. The molecular formula is C14H21FN2O2S. The van der Waals surface area contributed by atoms with Crippen molar-refractivity contribution in [1.82, 2.24) is 4.31 Å². The maximum atomic E-state index is 13.9. The first-order chi connectivity index (χ1) is 9.36. The Balaban J connectivity index is 2.40. The molecule has 20 heavy (non-hydrogen) atoms. The second-order valence-electron chi connectivity index (χ2n) is 5.58. The van der Waals surface area contributed by atoms with E-state index in [0.717, 1.165) is 12.8 Å². The summed E-state index contributed by atoms with van der Waals surface area (Å²) < 4.78 is 40.7. The SMILES string of the molecule is CC(C)N(CC1CC1)S(=O)(=O)c1cc(CN)ccc1F. The first kappa shape index (κ1) is 15.4. The minimum atomic E-state index is -3.82. The molecule has 1 aliphatic carbocycles. The summed E-state index contributed by atoms with van der Waals surface area (Å²) in [5.74, 6) is -0.309. The second kappa shape index (κ2) is 5.79. The minimum absolute atomic E-state index is 0.188. The van der Waals surface area contributed by atoms with E-state index in [1.165, 1.54) is 22.5 Å². The average molecular weight is 300 g/mol. The monoisotopic (exact) mass is 300 g/mol. The average Bonchev–Trinajstić information content (AvgIpc) is 3.19. The third-order valence-electron chi connectivity index (χ3n) is 3.53. The molecule has 0 unspecified atom stereocenters. The van der Waals surface area contributed by atoms with E-state index in [1.54, 1.807) is 0 Å². The van der Waals surface area contributed by atoms with Gasteiger partial charge in [-0.25, -0.2) is 12.8 Å². The van der Waals surface area contributed by atoms with E-state index in [2.05, 4.69) is 0 Å². The molecule has 1 aliphatic rings. The van der Waals surface area contributed by atoms with Crippen molar-refractivity contribution >= 4 is 10.0 Å². The molecule has 6 heteroatoms. The number of hydrogen-bond acceptors (Lipinski definition) is 3. The number of benzene rings is 1. The molecule has 0 saturated heterocycles. The molecule has 0 amide bonds. The van der Waals surface area contributed by atoms with Gasteiger partial charge in [0.05, 0.1) is 0 Å². The van der Waals surface area contributed by atoms with Gasteiger partial charge >= 0.3 is 0 Å². The van der Waals surface area contributed by atoms with Crippen molar-refractivity contribution in [2.45, 2.75) is 44.2 Å². The molecule has 0 aliphatic heterocycles. The van der Waals surface area contributed by atoms with Gasteiger partial charge in [-0.15, -0.1) is 0 Å². The van der Waals surface area contributed by atoms with Crippen LogP contribution in [0, 0.1) is 11.7 Å². The van der Waals surface area contributed by atoms with Crippen LogP contribution in [-0.2, 0) is 16.6 Å². The molecule has 0 bridgehead atoms. The van der Waals surface area contributed by atoms with E-state index >= 15 is 0 Å². The highest BCUT2D eigenvalue weighted by atomic mass is 32.2. The Kier molecular flexibility index (Phi) is 4.46. The summed E-state index contributed by atoms with van der Waals surface area (Å²) >= 11 is 0. The largest absolute Gasteiger partial charge is 0.326 e. The van der Waals surface area contributed by atoms with E-state index in [4.69, 9.17) is 5.73 Å². The van der Waals surface area contributed by atoms with Gasteiger partial charge in [-0.2, -0.15) is 4.31 Å². The van der Waals surface area contributed by atoms with Gasteiger partial charge in [-0.05, 0) is 50.3 Å². The molecule has 0 atom stereocenters. The summed E-state index contributed by atoms with van der Waals surface area (Å²) in [4.78, 5) is -0.269. The summed E-state index contributed by atoms with van der Waals surface area (Å²) in [6.45, 7) is 4.27. The van der Waals surface area contributed by atoms with E-state index in [0.29, 0.717) is 18.0 Å². The van der Waals surface area contributed by atoms with Crippen LogP contribution >= 0.6 is 0 Å². The van der Waals surface area contributed by atoms with Crippen LogP contribution in [0.25, 0.3) is 0 Å². The molecule has 1 aromatic rings. The number of sulfonamides is 1. The molecule has 2 rings (SSSR count). The van der Waals surface area contributed by atoms with Crippen molar-refractivity contribution in [2.24, 2.45) is 11.7 Å². The van der Waals surface area contributed by atoms with Crippen molar-refractivity contribution < 1.29 is 12.8 Å². The van der Waals surface area contributed by atoms with Crippen LogP contribution in [0.2, 0.25) is 0 Å². The van der Waals surface area contributed by atoms with E-state index in [9.17, 15) is 12.8 Å². The summed E-state index contributed by atoms with van der Waals surface area (Å²) in [5, 5.41) is 0. The van der Waals surface area contributed by atoms with Crippen LogP contribution in [0.15, 0.2) is 23.1 Å². The minimum Gasteiger partial charge on any atom is -0.326 e. The van der Waals surface area contributed by atoms with Gasteiger partial charge in [0.15, 0.2) is 0 Å². The molecule has 0 radical (unpaired) electrons. The summed E-state index contributed by atoms with van der Waals surface area (Å²) in [5.41, 5.74) is 6.12. The number of nitrogens with two attached hydrogens (primary N) is 1. The molecule has 1 saturated carbocycles. The van der Waals surface area contributed by atoms with Gasteiger partial charge in [0, 0.05) is 19.1 Å². The summed E-state index contributed by atoms with van der Waals surface area (Å²) in [6, 6.07) is 3.83. The number of nitrogens with zero attached hydrogens (tertiary/aromatic N) is 1. The Bertz CT molecular complexity index is 583. The molecule has 1 aromatic carbocycles. The topological polar surface area (TPSA) is 63.4 Å². The number of rotatable bonds is 6. The van der Waals surface area contributed by atoms with Crippen LogP contribution in [0.3, 0.4) is 0 Å². The first-order valence-electron chi connectivity index (χ1n) is 6.86. The molecule has 2 N–H and O–H groups in total. The molecule has 112 valence electrons. The molecule has 0 spiro atoms. The Morgan fingerprint density at radius 2 is 2.05 bits per heavy atom. The predicted octanol–water partition coefficient (Wildman–Crippen LogP) is 2.09. The Hall–Kier alpha value is -0.980. The zero-order valence-electron chi connectivity index (χ0n) is 11.8. The summed E-state index contributed by atoms with van der Waals surface area (Å²) in [7, 11) is -3.82. The lowest BCUT2D eigenvalue weighted by atomic mass is 10.2. The van der Waals surface area contributed by atoms with Gasteiger partial charge in [-0.3, -0.25) is 0 Å². The third kappa shape index (κ3) is 3.19. The molecular weight excluding hydrogens is 279 g/mol. The van der Waals surface area contributed by atoms with Gasteiger partial charge < -0.3 is 5.73 Å². The highest BCUT2D eigenvalue weighted by Gasteiger charge is 2.34. The van der Waals surface area contributed by atoms with Crippen LogP contribution in [-0.4, -0.2) is 25.3 Å². The highest BCUT2D eigenvalue weighted by Crippen LogP contribution is 2.33. The Morgan fingerprint density at radius 1 is 1.40 bits per heavy atom. The smallest absolute Gasteiger partial charge is 0.246 e. The molecule has 4 nitrogen and oxygen atoms in total. The molecule has 1 fully saturated rings. The highest BCUT2D eigenvalue weighted by molar-refractivity contribution is 7.89. The van der Waals surface area contributed by atoms with Gasteiger partial charge in [0.2, 0.25) is 10.0 Å². The van der Waals surface area contributed by atoms with E-state index in [-0.39, 0.29) is 17.5 Å². The maximum Gasteiger partial charge on any atom is 0.246 e.